The lowest BCUT2D eigenvalue weighted by Crippen LogP contribution is -2.53. The molecular formula is C14H24N2O4. The van der Waals surface area contributed by atoms with Crippen LogP contribution >= 0.6 is 0 Å². The van der Waals surface area contributed by atoms with Gasteiger partial charge in [-0.2, -0.15) is 0 Å². The third kappa shape index (κ3) is 2.54. The summed E-state index contributed by atoms with van der Waals surface area (Å²) in [7, 11) is 3.16. The van der Waals surface area contributed by atoms with E-state index in [0.29, 0.717) is 31.1 Å². The van der Waals surface area contributed by atoms with Crippen LogP contribution < -0.4 is 0 Å². The summed E-state index contributed by atoms with van der Waals surface area (Å²) in [6.45, 7) is 4.10. The van der Waals surface area contributed by atoms with Crippen molar-refractivity contribution in [2.24, 2.45) is 15.9 Å². The van der Waals surface area contributed by atoms with Crippen LogP contribution in [0.15, 0.2) is 9.98 Å². The van der Waals surface area contributed by atoms with E-state index in [2.05, 4.69) is 4.99 Å². The second-order valence-electron chi connectivity index (χ2n) is 5.89. The molecule has 6 nitrogen and oxygen atoms in total. The van der Waals surface area contributed by atoms with Crippen molar-refractivity contribution in [1.29, 1.82) is 0 Å². The van der Waals surface area contributed by atoms with Gasteiger partial charge < -0.3 is 19.7 Å². The molecule has 1 spiro atoms. The smallest absolute Gasteiger partial charge is 0.212 e. The Kier molecular flexibility index (Phi) is 4.34. The van der Waals surface area contributed by atoms with E-state index < -0.39 is 17.7 Å². The summed E-state index contributed by atoms with van der Waals surface area (Å²) < 4.78 is 10.8. The summed E-state index contributed by atoms with van der Waals surface area (Å²) in [5.74, 6) is 1.35. The highest BCUT2D eigenvalue weighted by atomic mass is 16.5. The van der Waals surface area contributed by atoms with Gasteiger partial charge in [0.05, 0.1) is 26.4 Å². The van der Waals surface area contributed by atoms with Crippen molar-refractivity contribution in [3.8, 4) is 0 Å². The summed E-state index contributed by atoms with van der Waals surface area (Å²) in [5.41, 5.74) is -0.704. The molecule has 0 aromatic rings. The zero-order valence-corrected chi connectivity index (χ0v) is 12.5. The van der Waals surface area contributed by atoms with Crippen molar-refractivity contribution in [2.45, 2.75) is 56.9 Å². The predicted octanol–water partition coefficient (Wildman–Crippen LogP) is 0.759. The number of aliphatic hydroxyl groups is 2. The van der Waals surface area contributed by atoms with Gasteiger partial charge in [0, 0.05) is 6.42 Å². The van der Waals surface area contributed by atoms with E-state index in [9.17, 15) is 10.2 Å². The van der Waals surface area contributed by atoms with E-state index in [1.165, 1.54) is 0 Å². The molecule has 0 unspecified atom stereocenters. The molecule has 4 atom stereocenters. The fourth-order valence-corrected chi connectivity index (χ4v) is 2.93. The van der Waals surface area contributed by atoms with Crippen molar-refractivity contribution in [2.75, 3.05) is 14.2 Å². The largest absolute Gasteiger partial charge is 0.483 e. The van der Waals surface area contributed by atoms with Crippen molar-refractivity contribution >= 4 is 11.8 Å². The lowest BCUT2D eigenvalue weighted by Gasteiger charge is -2.41. The standard InChI is InChI=1S/C14H24N2O4/c1-8(2)11-12(19-3)16-14(13(15-11)20-4)6-5-9(17)10(18)7-14/h8-11,17-18H,5-7H2,1-4H3/t9-,10+,11+,14-/m0/s1. The third-order valence-corrected chi connectivity index (χ3v) is 4.11. The van der Waals surface area contributed by atoms with Gasteiger partial charge in [0.15, 0.2) is 0 Å². The Labute approximate surface area is 119 Å². The maximum absolute atomic E-state index is 9.97. The Morgan fingerprint density at radius 1 is 1.20 bits per heavy atom. The van der Waals surface area contributed by atoms with Crippen molar-refractivity contribution in [1.82, 2.24) is 0 Å². The zero-order valence-electron chi connectivity index (χ0n) is 12.5. The van der Waals surface area contributed by atoms with Crippen LogP contribution in [0.4, 0.5) is 0 Å². The summed E-state index contributed by atoms with van der Waals surface area (Å²) >= 11 is 0. The van der Waals surface area contributed by atoms with Gasteiger partial charge in [0.25, 0.3) is 0 Å². The second-order valence-corrected chi connectivity index (χ2v) is 5.89. The van der Waals surface area contributed by atoms with Crippen molar-refractivity contribution in [3.05, 3.63) is 0 Å². The first-order chi connectivity index (χ1) is 9.43. The quantitative estimate of drug-likeness (QED) is 0.744. The van der Waals surface area contributed by atoms with Crippen molar-refractivity contribution in [3.63, 3.8) is 0 Å². The van der Waals surface area contributed by atoms with E-state index in [1.807, 2.05) is 13.8 Å². The first kappa shape index (κ1) is 15.3. The average Bonchev–Trinajstić information content (AvgIpc) is 2.42. The number of aliphatic imine (C=N–C) groups is 2. The molecule has 0 aromatic heterocycles. The SMILES string of the molecule is COC1=N[C@]2(CC[C@H](O)[C@H](O)C2)C(OC)=N[C@@H]1C(C)C. The van der Waals surface area contributed by atoms with E-state index in [1.54, 1.807) is 14.2 Å². The average molecular weight is 284 g/mol. The highest BCUT2D eigenvalue weighted by Gasteiger charge is 2.48. The molecule has 0 aromatic carbocycles. The summed E-state index contributed by atoms with van der Waals surface area (Å²) in [4.78, 5) is 9.33. The molecule has 2 N–H and O–H groups in total. The monoisotopic (exact) mass is 284 g/mol. The molecule has 1 aliphatic heterocycles. The van der Waals surface area contributed by atoms with Crippen LogP contribution in [-0.4, -0.2) is 60.0 Å². The minimum absolute atomic E-state index is 0.162. The third-order valence-electron chi connectivity index (χ3n) is 4.11. The predicted molar refractivity (Wildman–Crippen MR) is 76.1 cm³/mol. The highest BCUT2D eigenvalue weighted by molar-refractivity contribution is 5.97. The molecular weight excluding hydrogens is 260 g/mol. The van der Waals surface area contributed by atoms with Gasteiger partial charge in [-0.15, -0.1) is 0 Å². The van der Waals surface area contributed by atoms with Crippen LogP contribution in [0.3, 0.4) is 0 Å². The second kappa shape index (κ2) is 5.69. The molecule has 0 radical (unpaired) electrons. The van der Waals surface area contributed by atoms with E-state index in [4.69, 9.17) is 14.5 Å². The summed E-state index contributed by atoms with van der Waals surface area (Å²) in [5, 5.41) is 19.7. The molecule has 2 rings (SSSR count). The van der Waals surface area contributed by atoms with Gasteiger partial charge in [0.2, 0.25) is 11.8 Å². The van der Waals surface area contributed by atoms with Crippen LogP contribution in [0.5, 0.6) is 0 Å². The lowest BCUT2D eigenvalue weighted by atomic mass is 9.78. The number of nitrogens with zero attached hydrogens (tertiary/aromatic N) is 2. The molecule has 0 saturated heterocycles. The van der Waals surface area contributed by atoms with Crippen LogP contribution in [0.1, 0.15) is 33.1 Å². The summed E-state index contributed by atoms with van der Waals surface area (Å²) in [6, 6.07) is -0.162. The Morgan fingerprint density at radius 3 is 2.40 bits per heavy atom. The van der Waals surface area contributed by atoms with Gasteiger partial charge in [-0.3, -0.25) is 0 Å². The van der Waals surface area contributed by atoms with E-state index >= 15 is 0 Å². The van der Waals surface area contributed by atoms with Crippen molar-refractivity contribution < 1.29 is 19.7 Å². The number of methoxy groups -OCH3 is 2. The Hall–Kier alpha value is -1.14. The van der Waals surface area contributed by atoms with Crippen LogP contribution in [0.25, 0.3) is 0 Å². The molecule has 6 heteroatoms. The van der Waals surface area contributed by atoms with Crippen LogP contribution in [0, 0.1) is 5.92 Å². The minimum atomic E-state index is -0.818. The molecule has 1 saturated carbocycles. The number of hydrogen-bond donors (Lipinski definition) is 2. The zero-order chi connectivity index (χ0) is 14.9. The maximum Gasteiger partial charge on any atom is 0.212 e. The highest BCUT2D eigenvalue weighted by Crippen LogP contribution is 2.37. The number of hydrogen-bond acceptors (Lipinski definition) is 6. The molecule has 1 aliphatic carbocycles. The molecule has 0 amide bonds. The fourth-order valence-electron chi connectivity index (χ4n) is 2.93. The number of aliphatic hydroxyl groups excluding tert-OH is 2. The van der Waals surface area contributed by atoms with Crippen LogP contribution in [0.2, 0.25) is 0 Å². The Morgan fingerprint density at radius 2 is 1.90 bits per heavy atom. The topological polar surface area (TPSA) is 83.6 Å². The molecule has 2 aliphatic rings. The Balaban J connectivity index is 2.37. The molecule has 1 fully saturated rings. The Bertz CT molecular complexity index is 421. The first-order valence-electron chi connectivity index (χ1n) is 7.05. The lowest BCUT2D eigenvalue weighted by molar-refractivity contribution is -0.0244. The van der Waals surface area contributed by atoms with Gasteiger partial charge in [0.1, 0.15) is 11.6 Å². The van der Waals surface area contributed by atoms with Gasteiger partial charge in [-0.05, 0) is 18.8 Å². The normalized spacial score (nSPS) is 37.6. The maximum atomic E-state index is 9.97. The number of rotatable bonds is 1. The molecule has 20 heavy (non-hydrogen) atoms. The first-order valence-corrected chi connectivity index (χ1v) is 7.05. The van der Waals surface area contributed by atoms with E-state index in [-0.39, 0.29) is 12.0 Å². The minimum Gasteiger partial charge on any atom is -0.483 e. The van der Waals surface area contributed by atoms with Crippen LogP contribution in [-0.2, 0) is 9.47 Å². The number of ether oxygens (including phenoxy) is 2. The molecule has 114 valence electrons. The summed E-state index contributed by atoms with van der Waals surface area (Å²) in [6.07, 6.45) is -0.158. The van der Waals surface area contributed by atoms with Gasteiger partial charge >= 0.3 is 0 Å². The van der Waals surface area contributed by atoms with Gasteiger partial charge in [-0.1, -0.05) is 13.8 Å². The van der Waals surface area contributed by atoms with Gasteiger partial charge in [-0.25, -0.2) is 9.98 Å². The molecule has 0 bridgehead atoms. The molecule has 1 heterocycles. The van der Waals surface area contributed by atoms with E-state index in [0.717, 1.165) is 0 Å². The fraction of sp³-hybridized carbons (Fsp3) is 0.857.